The number of hydroxylamine groups is 2. The first-order chi connectivity index (χ1) is 4.24. The van der Waals surface area contributed by atoms with Gasteiger partial charge in [-0.25, -0.2) is 0 Å². The summed E-state index contributed by atoms with van der Waals surface area (Å²) in [6, 6.07) is 0. The van der Waals surface area contributed by atoms with Gasteiger partial charge in [0.15, 0.2) is 5.03 Å². The van der Waals surface area contributed by atoms with Gasteiger partial charge in [0.1, 0.15) is 6.54 Å². The summed E-state index contributed by atoms with van der Waals surface area (Å²) in [5.41, 5.74) is 0. The average Bonchev–Trinajstić information content (AvgIpc) is 2.10. The topological polar surface area (TPSA) is 44.6 Å². The number of hydrogen-bond donors (Lipinski definition) is 1. The third-order valence-electron chi connectivity index (χ3n) is 1.12. The van der Waals surface area contributed by atoms with Crippen molar-refractivity contribution in [3.05, 3.63) is 16.3 Å². The van der Waals surface area contributed by atoms with Gasteiger partial charge in [-0.3, -0.25) is 4.79 Å². The van der Waals surface area contributed by atoms with E-state index in [0.717, 1.165) is 0 Å². The molecule has 1 aliphatic rings. The minimum Gasteiger partial charge on any atom is -0.628 e. The van der Waals surface area contributed by atoms with E-state index < -0.39 is 0 Å². The zero-order valence-corrected chi connectivity index (χ0v) is 5.83. The predicted molar refractivity (Wildman–Crippen MR) is 35.8 cm³/mol. The van der Waals surface area contributed by atoms with Gasteiger partial charge in [-0.2, -0.15) is 0 Å². The van der Waals surface area contributed by atoms with Crippen LogP contribution < -0.4 is 5.06 Å². The molecule has 0 saturated carbocycles. The van der Waals surface area contributed by atoms with Crippen LogP contribution in [0.1, 0.15) is 0 Å². The Bertz CT molecular complexity index is 166. The van der Waals surface area contributed by atoms with Crippen molar-refractivity contribution in [2.75, 3.05) is 12.8 Å². The zero-order chi connectivity index (χ0) is 6.85. The van der Waals surface area contributed by atoms with Crippen molar-refractivity contribution < 1.29 is 9.86 Å². The highest BCUT2D eigenvalue weighted by atomic mass is 32.2. The largest absolute Gasteiger partial charge is 0.628 e. The predicted octanol–water partition coefficient (Wildman–Crippen LogP) is -0.844. The second kappa shape index (κ2) is 2.51. The van der Waals surface area contributed by atoms with Gasteiger partial charge in [0.05, 0.1) is 6.08 Å². The van der Waals surface area contributed by atoms with Crippen molar-refractivity contribution in [1.29, 1.82) is 0 Å². The molecule has 4 heteroatoms. The van der Waals surface area contributed by atoms with E-state index in [-0.39, 0.29) is 17.4 Å². The lowest BCUT2D eigenvalue weighted by molar-refractivity contribution is -0.783. The maximum Gasteiger partial charge on any atom is 0.216 e. The fourth-order valence-electron chi connectivity index (χ4n) is 0.696. The summed E-state index contributed by atoms with van der Waals surface area (Å²) >= 11 is 1.33. The first kappa shape index (κ1) is 6.80. The number of hydrogen-bond acceptors (Lipinski definition) is 3. The van der Waals surface area contributed by atoms with Gasteiger partial charge in [0.25, 0.3) is 0 Å². The highest BCUT2D eigenvalue weighted by Gasteiger charge is 2.18. The van der Waals surface area contributed by atoms with Crippen LogP contribution in [0.3, 0.4) is 0 Å². The number of carbonyl (C=O) groups is 1. The van der Waals surface area contributed by atoms with Gasteiger partial charge in [-0.1, -0.05) is 11.8 Å². The summed E-state index contributed by atoms with van der Waals surface area (Å²) in [5.74, 6) is -0.0654. The van der Waals surface area contributed by atoms with Gasteiger partial charge < -0.3 is 10.3 Å². The third kappa shape index (κ3) is 1.32. The first-order valence-electron chi connectivity index (χ1n) is 2.56. The van der Waals surface area contributed by atoms with Crippen LogP contribution in [-0.4, -0.2) is 18.6 Å². The smallest absolute Gasteiger partial charge is 0.216 e. The molecule has 0 amide bonds. The molecule has 1 aliphatic heterocycles. The Labute approximate surface area is 57.3 Å². The van der Waals surface area contributed by atoms with E-state index in [0.29, 0.717) is 5.03 Å². The lowest BCUT2D eigenvalue weighted by Crippen LogP contribution is -3.03. The van der Waals surface area contributed by atoms with E-state index in [9.17, 15) is 10.0 Å². The van der Waals surface area contributed by atoms with Crippen molar-refractivity contribution >= 4 is 17.5 Å². The van der Waals surface area contributed by atoms with E-state index in [1.165, 1.54) is 17.8 Å². The van der Waals surface area contributed by atoms with E-state index in [4.69, 9.17) is 0 Å². The SMILES string of the molecule is CSC1=CC(=O)C[NH+]1[O-]. The Hall–Kier alpha value is -0.320. The van der Waals surface area contributed by atoms with Gasteiger partial charge in [0.2, 0.25) is 5.78 Å². The first-order valence-corrected chi connectivity index (χ1v) is 3.78. The number of nitrogens with one attached hydrogen (secondary N) is 1. The average molecular weight is 145 g/mol. The van der Waals surface area contributed by atoms with E-state index in [2.05, 4.69) is 0 Å². The Balaban J connectivity index is 2.68. The molecular formula is C5H7NO2S. The summed E-state index contributed by atoms with van der Waals surface area (Å²) in [7, 11) is 0. The fraction of sp³-hybridized carbons (Fsp3) is 0.400. The lowest BCUT2D eigenvalue weighted by Gasteiger charge is -2.15. The van der Waals surface area contributed by atoms with E-state index in [1.807, 2.05) is 0 Å². The molecule has 1 unspecified atom stereocenters. The monoisotopic (exact) mass is 145 g/mol. The van der Waals surface area contributed by atoms with Crippen molar-refractivity contribution in [3.63, 3.8) is 0 Å². The summed E-state index contributed by atoms with van der Waals surface area (Å²) in [4.78, 5) is 10.5. The molecule has 0 aromatic rings. The standard InChI is InChI=1S/C5H7NO2S/c1-9-5-2-4(7)3-6(5)8/h2,6H,3H2,1H3. The Kier molecular flexibility index (Phi) is 1.90. The molecule has 0 aromatic heterocycles. The van der Waals surface area contributed by atoms with Crippen LogP contribution in [-0.2, 0) is 4.79 Å². The molecule has 1 heterocycles. The van der Waals surface area contributed by atoms with Gasteiger partial charge in [-0.15, -0.1) is 0 Å². The maximum absolute atomic E-state index is 10.7. The van der Waals surface area contributed by atoms with Gasteiger partial charge in [-0.05, 0) is 6.26 Å². The zero-order valence-electron chi connectivity index (χ0n) is 5.01. The fourth-order valence-corrected chi connectivity index (χ4v) is 1.24. The molecule has 1 atom stereocenters. The minimum absolute atomic E-state index is 0.0347. The summed E-state index contributed by atoms with van der Waals surface area (Å²) in [6.07, 6.45) is 3.20. The van der Waals surface area contributed by atoms with E-state index in [1.54, 1.807) is 6.26 Å². The van der Waals surface area contributed by atoms with Crippen molar-refractivity contribution in [2.24, 2.45) is 0 Å². The minimum atomic E-state index is -0.0654. The molecule has 3 nitrogen and oxygen atoms in total. The molecule has 0 aliphatic carbocycles. The Morgan fingerprint density at radius 1 is 1.89 bits per heavy atom. The van der Waals surface area contributed by atoms with Crippen LogP contribution in [0.25, 0.3) is 0 Å². The second-order valence-corrected chi connectivity index (χ2v) is 2.63. The normalized spacial score (nSPS) is 26.7. The molecule has 0 saturated heterocycles. The number of carbonyl (C=O) groups excluding carboxylic acids is 1. The Morgan fingerprint density at radius 3 is 2.78 bits per heavy atom. The molecule has 0 aromatic carbocycles. The number of thioether (sulfide) groups is 1. The van der Waals surface area contributed by atoms with Crippen LogP contribution in [0, 0.1) is 5.21 Å². The molecule has 50 valence electrons. The van der Waals surface area contributed by atoms with Crippen molar-refractivity contribution in [3.8, 4) is 0 Å². The van der Waals surface area contributed by atoms with Crippen LogP contribution in [0.2, 0.25) is 0 Å². The highest BCUT2D eigenvalue weighted by molar-refractivity contribution is 8.02. The summed E-state index contributed by atoms with van der Waals surface area (Å²) in [6.45, 7) is 0.0795. The number of ketones is 1. The lowest BCUT2D eigenvalue weighted by atomic mass is 10.4. The third-order valence-corrected chi connectivity index (χ3v) is 1.91. The van der Waals surface area contributed by atoms with Crippen molar-refractivity contribution in [1.82, 2.24) is 0 Å². The Morgan fingerprint density at radius 2 is 2.56 bits per heavy atom. The van der Waals surface area contributed by atoms with E-state index >= 15 is 0 Å². The molecule has 0 fully saturated rings. The molecular weight excluding hydrogens is 138 g/mol. The molecule has 0 spiro atoms. The second-order valence-electron chi connectivity index (χ2n) is 1.78. The quantitative estimate of drug-likeness (QED) is 0.489. The van der Waals surface area contributed by atoms with Gasteiger partial charge in [0, 0.05) is 0 Å². The highest BCUT2D eigenvalue weighted by Crippen LogP contribution is 2.05. The summed E-state index contributed by atoms with van der Waals surface area (Å²) < 4.78 is 0. The number of quaternary nitrogens is 1. The van der Waals surface area contributed by atoms with Crippen LogP contribution in [0.4, 0.5) is 0 Å². The molecule has 1 N–H and O–H groups in total. The van der Waals surface area contributed by atoms with Crippen molar-refractivity contribution in [2.45, 2.75) is 0 Å². The molecule has 0 radical (unpaired) electrons. The van der Waals surface area contributed by atoms with Gasteiger partial charge >= 0.3 is 0 Å². The van der Waals surface area contributed by atoms with Crippen LogP contribution in [0.15, 0.2) is 11.1 Å². The molecule has 9 heavy (non-hydrogen) atoms. The van der Waals surface area contributed by atoms with Crippen LogP contribution >= 0.6 is 11.8 Å². The number of rotatable bonds is 1. The molecule has 0 bridgehead atoms. The summed E-state index contributed by atoms with van der Waals surface area (Å²) in [5, 5.41) is 11.3. The molecule has 1 rings (SSSR count). The maximum atomic E-state index is 10.7. The van der Waals surface area contributed by atoms with Crippen LogP contribution in [0.5, 0.6) is 0 Å².